The molecule has 2 N–H and O–H groups in total. The number of hydrogen-bond donors (Lipinski definition) is 2. The van der Waals surface area contributed by atoms with Crippen LogP contribution < -0.4 is 5.32 Å². The van der Waals surface area contributed by atoms with Gasteiger partial charge in [-0.15, -0.1) is 0 Å². The highest BCUT2D eigenvalue weighted by atomic mass is 16.5. The van der Waals surface area contributed by atoms with E-state index < -0.39 is 18.0 Å². The van der Waals surface area contributed by atoms with E-state index in [4.69, 9.17) is 14.2 Å². The Labute approximate surface area is 204 Å². The van der Waals surface area contributed by atoms with Gasteiger partial charge in [-0.1, -0.05) is 48.5 Å². The number of nitrogens with one attached hydrogen (secondary N) is 1. The average molecular weight is 483 g/mol. The third kappa shape index (κ3) is 6.17. The Balaban J connectivity index is 1.13. The lowest BCUT2D eigenvalue weighted by atomic mass is 9.98. The third-order valence-electron chi connectivity index (χ3n) is 6.29. The lowest BCUT2D eigenvalue weighted by Crippen LogP contribution is -2.38. The highest BCUT2D eigenvalue weighted by Crippen LogP contribution is 2.44. The lowest BCUT2D eigenvalue weighted by molar-refractivity contribution is -0.144. The number of rotatable bonds is 9. The number of aliphatic carboxylic acids is 1. The van der Waals surface area contributed by atoms with Gasteiger partial charge in [0.15, 0.2) is 0 Å². The first-order valence-electron chi connectivity index (χ1n) is 11.8. The number of amides is 2. The van der Waals surface area contributed by atoms with E-state index in [2.05, 4.69) is 29.6 Å². The summed E-state index contributed by atoms with van der Waals surface area (Å²) in [6.07, 6.45) is -0.382. The molecular formula is C26H30N2O7. The number of carbonyl (C=O) groups excluding carboxylic acids is 2. The first-order chi connectivity index (χ1) is 17.0. The highest BCUT2D eigenvalue weighted by Gasteiger charge is 2.29. The maximum Gasteiger partial charge on any atom is 0.407 e. The molecule has 2 aromatic carbocycles. The molecule has 35 heavy (non-hydrogen) atoms. The summed E-state index contributed by atoms with van der Waals surface area (Å²) in [5.74, 6) is -1.86. The van der Waals surface area contributed by atoms with Gasteiger partial charge in [0.2, 0.25) is 5.91 Å². The molecule has 2 aromatic rings. The zero-order valence-corrected chi connectivity index (χ0v) is 19.5. The maximum absolute atomic E-state index is 12.4. The number of ether oxygens (including phenoxy) is 3. The van der Waals surface area contributed by atoms with Crippen LogP contribution in [0.2, 0.25) is 0 Å². The Bertz CT molecular complexity index is 1010. The number of carbonyl (C=O) groups is 3. The minimum Gasteiger partial charge on any atom is -0.481 e. The van der Waals surface area contributed by atoms with Crippen molar-refractivity contribution >= 4 is 18.0 Å². The minimum atomic E-state index is -0.972. The van der Waals surface area contributed by atoms with Crippen molar-refractivity contribution in [3.05, 3.63) is 59.7 Å². The fraction of sp³-hybridized carbons (Fsp3) is 0.423. The molecular weight excluding hydrogens is 452 g/mol. The Morgan fingerprint density at radius 1 is 1.03 bits per heavy atom. The summed E-state index contributed by atoms with van der Waals surface area (Å²) in [5.41, 5.74) is 4.65. The van der Waals surface area contributed by atoms with Crippen molar-refractivity contribution in [2.45, 2.75) is 12.3 Å². The first-order valence-corrected chi connectivity index (χ1v) is 11.8. The fourth-order valence-electron chi connectivity index (χ4n) is 4.48. The van der Waals surface area contributed by atoms with E-state index >= 15 is 0 Å². The second kappa shape index (κ2) is 11.8. The molecule has 0 radical (unpaired) electrons. The van der Waals surface area contributed by atoms with Gasteiger partial charge in [-0.25, -0.2) is 4.79 Å². The van der Waals surface area contributed by atoms with Crippen LogP contribution in [0.25, 0.3) is 11.1 Å². The van der Waals surface area contributed by atoms with E-state index in [1.807, 2.05) is 24.3 Å². The normalized spacial score (nSPS) is 17.3. The molecule has 1 aliphatic carbocycles. The molecule has 0 spiro atoms. The summed E-state index contributed by atoms with van der Waals surface area (Å²) in [4.78, 5) is 37.2. The quantitative estimate of drug-likeness (QED) is 0.528. The Morgan fingerprint density at radius 3 is 2.40 bits per heavy atom. The number of nitrogens with zero attached hydrogens (tertiary/aromatic N) is 1. The van der Waals surface area contributed by atoms with E-state index in [-0.39, 0.29) is 57.8 Å². The van der Waals surface area contributed by atoms with Crippen LogP contribution in [-0.2, 0) is 23.8 Å². The van der Waals surface area contributed by atoms with E-state index in [9.17, 15) is 19.5 Å². The highest BCUT2D eigenvalue weighted by molar-refractivity contribution is 5.79. The predicted octanol–water partition coefficient (Wildman–Crippen LogP) is 2.49. The van der Waals surface area contributed by atoms with Gasteiger partial charge in [-0.3, -0.25) is 9.59 Å². The zero-order valence-electron chi connectivity index (χ0n) is 19.5. The summed E-state index contributed by atoms with van der Waals surface area (Å²) in [6, 6.07) is 16.3. The van der Waals surface area contributed by atoms with Crippen LogP contribution in [0.5, 0.6) is 0 Å². The van der Waals surface area contributed by atoms with Gasteiger partial charge in [0.25, 0.3) is 0 Å². The van der Waals surface area contributed by atoms with Crippen LogP contribution in [0.3, 0.4) is 0 Å². The van der Waals surface area contributed by atoms with Crippen LogP contribution in [0.15, 0.2) is 48.5 Å². The van der Waals surface area contributed by atoms with E-state index in [1.54, 1.807) is 0 Å². The van der Waals surface area contributed by atoms with Crippen LogP contribution in [0, 0.1) is 5.92 Å². The summed E-state index contributed by atoms with van der Waals surface area (Å²) in [7, 11) is 0. The minimum absolute atomic E-state index is 0.000485. The largest absolute Gasteiger partial charge is 0.481 e. The zero-order chi connectivity index (χ0) is 24.6. The number of alkyl carbamates (subject to hydrolysis) is 1. The van der Waals surface area contributed by atoms with Gasteiger partial charge in [0.05, 0.1) is 38.8 Å². The molecule has 2 amide bonds. The molecule has 0 saturated carbocycles. The van der Waals surface area contributed by atoms with Gasteiger partial charge in [0.1, 0.15) is 6.61 Å². The SMILES string of the molecule is O=C(NCCOCCC(=O)N1CCOCC(C(=O)O)C1)OCC1c2ccccc2-c2ccccc21. The smallest absolute Gasteiger partial charge is 0.407 e. The van der Waals surface area contributed by atoms with Crippen LogP contribution in [-0.4, -0.2) is 80.6 Å². The molecule has 1 saturated heterocycles. The summed E-state index contributed by atoms with van der Waals surface area (Å²) in [5, 5.41) is 11.8. The molecule has 0 aromatic heterocycles. The summed E-state index contributed by atoms with van der Waals surface area (Å²) in [6.45, 7) is 1.84. The fourth-order valence-corrected chi connectivity index (χ4v) is 4.48. The van der Waals surface area contributed by atoms with Crippen LogP contribution in [0.1, 0.15) is 23.5 Å². The second-order valence-corrected chi connectivity index (χ2v) is 8.56. The number of hydrogen-bond acceptors (Lipinski definition) is 6. The molecule has 0 bridgehead atoms. The molecule has 1 unspecified atom stereocenters. The Morgan fingerprint density at radius 2 is 1.71 bits per heavy atom. The van der Waals surface area contributed by atoms with Crippen molar-refractivity contribution in [2.75, 3.05) is 52.7 Å². The molecule has 1 aliphatic heterocycles. The van der Waals surface area contributed by atoms with Crippen LogP contribution in [0.4, 0.5) is 4.79 Å². The van der Waals surface area contributed by atoms with Gasteiger partial charge in [-0.2, -0.15) is 0 Å². The molecule has 1 heterocycles. The molecule has 1 atom stereocenters. The number of benzene rings is 2. The molecule has 4 rings (SSSR count). The van der Waals surface area contributed by atoms with Gasteiger partial charge in [-0.05, 0) is 22.3 Å². The molecule has 1 fully saturated rings. The topological polar surface area (TPSA) is 114 Å². The number of fused-ring (bicyclic) bond motifs is 3. The van der Waals surface area contributed by atoms with Crippen LogP contribution >= 0.6 is 0 Å². The monoisotopic (exact) mass is 482 g/mol. The number of carboxylic acids is 1. The van der Waals surface area contributed by atoms with Crippen molar-refractivity contribution in [3.63, 3.8) is 0 Å². The summed E-state index contributed by atoms with van der Waals surface area (Å²) < 4.78 is 16.2. The molecule has 9 heteroatoms. The summed E-state index contributed by atoms with van der Waals surface area (Å²) >= 11 is 0. The number of carboxylic acid groups (broad SMARTS) is 1. The first kappa shape index (κ1) is 24.7. The maximum atomic E-state index is 12.4. The van der Waals surface area contributed by atoms with Crippen molar-refractivity contribution in [1.29, 1.82) is 0 Å². The van der Waals surface area contributed by atoms with Crippen molar-refractivity contribution in [2.24, 2.45) is 5.92 Å². The third-order valence-corrected chi connectivity index (χ3v) is 6.29. The molecule has 2 aliphatic rings. The second-order valence-electron chi connectivity index (χ2n) is 8.56. The van der Waals surface area contributed by atoms with Gasteiger partial charge >= 0.3 is 12.1 Å². The van der Waals surface area contributed by atoms with E-state index in [0.717, 1.165) is 11.1 Å². The van der Waals surface area contributed by atoms with Crippen molar-refractivity contribution in [1.82, 2.24) is 10.2 Å². The van der Waals surface area contributed by atoms with E-state index in [1.165, 1.54) is 16.0 Å². The van der Waals surface area contributed by atoms with Gasteiger partial charge < -0.3 is 29.5 Å². The Hall–Kier alpha value is -3.43. The molecule has 9 nitrogen and oxygen atoms in total. The average Bonchev–Trinajstić information content (AvgIpc) is 3.00. The van der Waals surface area contributed by atoms with Gasteiger partial charge in [0, 0.05) is 25.6 Å². The standard InChI is InChI=1S/C26H30N2O7/c29-24(28-11-14-34-16-18(15-28)25(30)31)9-12-33-13-10-27-26(32)35-17-23-21-7-3-1-5-19(21)20-6-2-4-8-22(20)23/h1-8,18,23H,9-17H2,(H,27,32)(H,30,31). The van der Waals surface area contributed by atoms with E-state index in [0.29, 0.717) is 13.2 Å². The Kier molecular flexibility index (Phi) is 8.33. The van der Waals surface area contributed by atoms with Crippen molar-refractivity contribution in [3.8, 4) is 11.1 Å². The molecule has 186 valence electrons. The predicted molar refractivity (Wildman–Crippen MR) is 127 cm³/mol. The lowest BCUT2D eigenvalue weighted by Gasteiger charge is -2.21. The van der Waals surface area contributed by atoms with Crippen molar-refractivity contribution < 1.29 is 33.7 Å².